The van der Waals surface area contributed by atoms with Crippen LogP contribution >= 0.6 is 0 Å². The molecule has 3 rings (SSSR count). The van der Waals surface area contributed by atoms with Gasteiger partial charge in [0.2, 0.25) is 0 Å². The number of halogens is 3. The van der Waals surface area contributed by atoms with Crippen LogP contribution in [0.1, 0.15) is 16.7 Å². The van der Waals surface area contributed by atoms with Crippen LogP contribution in [0.15, 0.2) is 72.8 Å². The number of alkyl halides is 3. The van der Waals surface area contributed by atoms with E-state index in [9.17, 15) is 13.2 Å². The van der Waals surface area contributed by atoms with E-state index in [-0.39, 0.29) is 12.2 Å². The van der Waals surface area contributed by atoms with Gasteiger partial charge >= 0.3 is 6.18 Å². The smallest absolute Gasteiger partial charge is 0.417 e. The van der Waals surface area contributed by atoms with Gasteiger partial charge in [-0.3, -0.25) is 0 Å². The van der Waals surface area contributed by atoms with Gasteiger partial charge in [0.15, 0.2) is 0 Å². The maximum absolute atomic E-state index is 13.9. The molecule has 0 heterocycles. The first-order valence-corrected chi connectivity index (χ1v) is 13.1. The van der Waals surface area contributed by atoms with Gasteiger partial charge in [-0.25, -0.2) is 0 Å². The fourth-order valence-corrected chi connectivity index (χ4v) is 3.42. The minimum Gasteiger partial charge on any atom is -0.488 e. The lowest BCUT2D eigenvalue weighted by Gasteiger charge is -2.17. The third-order valence-electron chi connectivity index (χ3n) is 4.32. The van der Waals surface area contributed by atoms with Crippen LogP contribution < -0.4 is 4.74 Å². The van der Waals surface area contributed by atoms with E-state index in [1.807, 2.05) is 30.3 Å². The third kappa shape index (κ3) is 5.77. The van der Waals surface area contributed by atoms with Crippen molar-refractivity contribution in [3.63, 3.8) is 0 Å². The lowest BCUT2D eigenvalue weighted by atomic mass is 9.96. The highest BCUT2D eigenvalue weighted by molar-refractivity contribution is 6.83. The molecule has 0 unspecified atom stereocenters. The number of para-hydroxylation sites is 1. The Balaban J connectivity index is 2.01. The van der Waals surface area contributed by atoms with Crippen LogP contribution in [0, 0.1) is 11.5 Å². The van der Waals surface area contributed by atoms with Gasteiger partial charge in [-0.05, 0) is 29.3 Å². The van der Waals surface area contributed by atoms with Gasteiger partial charge in [0.25, 0.3) is 0 Å². The Morgan fingerprint density at radius 3 is 2.17 bits per heavy atom. The van der Waals surface area contributed by atoms with Crippen molar-refractivity contribution in [1.29, 1.82) is 0 Å². The highest BCUT2D eigenvalue weighted by Crippen LogP contribution is 2.41. The minimum atomic E-state index is -4.50. The fourth-order valence-electron chi connectivity index (χ4n) is 2.90. The van der Waals surface area contributed by atoms with Gasteiger partial charge in [0.05, 0.1) is 5.56 Å². The van der Waals surface area contributed by atoms with Crippen molar-refractivity contribution >= 4 is 8.07 Å². The first-order valence-electron chi connectivity index (χ1n) is 9.64. The maximum Gasteiger partial charge on any atom is 0.417 e. The van der Waals surface area contributed by atoms with Gasteiger partial charge in [0, 0.05) is 11.1 Å². The molecule has 3 aromatic rings. The molecule has 0 aliphatic rings. The van der Waals surface area contributed by atoms with E-state index in [1.165, 1.54) is 6.07 Å². The Morgan fingerprint density at radius 2 is 1.50 bits per heavy atom. The van der Waals surface area contributed by atoms with Crippen molar-refractivity contribution in [3.05, 3.63) is 89.5 Å². The molecule has 1 nitrogen and oxygen atoms in total. The molecule has 0 amide bonds. The normalized spacial score (nSPS) is 11.5. The molecule has 0 atom stereocenters. The predicted octanol–water partition coefficient (Wildman–Crippen LogP) is 7.18. The number of hydrogen-bond acceptors (Lipinski definition) is 1. The zero-order valence-corrected chi connectivity index (χ0v) is 18.2. The van der Waals surface area contributed by atoms with Crippen LogP contribution in [0.25, 0.3) is 11.1 Å². The van der Waals surface area contributed by atoms with Crippen LogP contribution in [-0.2, 0) is 12.8 Å². The number of rotatable bonds is 4. The topological polar surface area (TPSA) is 9.23 Å². The predicted molar refractivity (Wildman–Crippen MR) is 118 cm³/mol. The molecule has 154 valence electrons. The van der Waals surface area contributed by atoms with E-state index >= 15 is 0 Å². The van der Waals surface area contributed by atoms with E-state index in [0.717, 1.165) is 11.6 Å². The first-order chi connectivity index (χ1) is 14.1. The first kappa shape index (κ1) is 21.7. The van der Waals surface area contributed by atoms with E-state index in [2.05, 4.69) is 31.1 Å². The molecule has 0 saturated heterocycles. The molecule has 0 fully saturated rings. The molecule has 0 aliphatic carbocycles. The summed E-state index contributed by atoms with van der Waals surface area (Å²) in [7, 11) is -1.70. The molecular formula is C25H23F3OSi. The highest BCUT2D eigenvalue weighted by Gasteiger charge is 2.34. The lowest BCUT2D eigenvalue weighted by Crippen LogP contribution is -2.16. The number of benzene rings is 3. The van der Waals surface area contributed by atoms with E-state index in [4.69, 9.17) is 4.74 Å². The molecule has 5 heteroatoms. The Hall–Kier alpha value is -2.97. The molecule has 0 saturated carbocycles. The van der Waals surface area contributed by atoms with Crippen LogP contribution in [0.5, 0.6) is 5.75 Å². The molecule has 0 aromatic heterocycles. The fraction of sp³-hybridized carbons (Fsp3) is 0.200. The summed E-state index contributed by atoms with van der Waals surface area (Å²) in [6.07, 6.45) is -4.50. The summed E-state index contributed by atoms with van der Waals surface area (Å²) in [6.45, 7) is 6.44. The van der Waals surface area contributed by atoms with Crippen molar-refractivity contribution in [3.8, 4) is 28.3 Å². The summed E-state index contributed by atoms with van der Waals surface area (Å²) >= 11 is 0. The second-order valence-corrected chi connectivity index (χ2v) is 12.8. The summed E-state index contributed by atoms with van der Waals surface area (Å²) < 4.78 is 47.5. The molecule has 0 radical (unpaired) electrons. The van der Waals surface area contributed by atoms with E-state index < -0.39 is 19.8 Å². The van der Waals surface area contributed by atoms with Gasteiger partial charge in [0.1, 0.15) is 20.4 Å². The average Bonchev–Trinajstić information content (AvgIpc) is 2.70. The van der Waals surface area contributed by atoms with Crippen molar-refractivity contribution in [2.45, 2.75) is 32.4 Å². The van der Waals surface area contributed by atoms with Crippen molar-refractivity contribution < 1.29 is 17.9 Å². The van der Waals surface area contributed by atoms with Crippen LogP contribution in [-0.4, -0.2) is 8.07 Å². The Labute approximate surface area is 176 Å². The van der Waals surface area contributed by atoms with Crippen LogP contribution in [0.3, 0.4) is 0 Å². The Bertz CT molecular complexity index is 1070. The summed E-state index contributed by atoms with van der Waals surface area (Å²) in [5, 5.41) is 0. The molecule has 0 spiro atoms. The van der Waals surface area contributed by atoms with Gasteiger partial charge < -0.3 is 4.74 Å². The van der Waals surface area contributed by atoms with Crippen molar-refractivity contribution in [2.75, 3.05) is 0 Å². The molecule has 0 aliphatic heterocycles. The second-order valence-electron chi connectivity index (χ2n) is 8.03. The maximum atomic E-state index is 13.9. The summed E-state index contributed by atoms with van der Waals surface area (Å²) in [5.74, 6) is 3.33. The van der Waals surface area contributed by atoms with Crippen LogP contribution in [0.4, 0.5) is 13.2 Å². The minimum absolute atomic E-state index is 0.0877. The summed E-state index contributed by atoms with van der Waals surface area (Å²) in [6, 6.07) is 20.6. The zero-order chi connectivity index (χ0) is 21.8. The van der Waals surface area contributed by atoms with Crippen molar-refractivity contribution in [2.24, 2.45) is 0 Å². The summed E-state index contributed by atoms with van der Waals surface area (Å²) in [4.78, 5) is 0. The Kier molecular flexibility index (Phi) is 6.38. The third-order valence-corrected chi connectivity index (χ3v) is 5.20. The number of ether oxygens (including phenoxy) is 1. The number of hydrogen-bond donors (Lipinski definition) is 0. The van der Waals surface area contributed by atoms with Gasteiger partial charge in [-0.2, -0.15) is 13.2 Å². The molecule has 0 N–H and O–H groups in total. The van der Waals surface area contributed by atoms with E-state index in [0.29, 0.717) is 16.9 Å². The molecule has 30 heavy (non-hydrogen) atoms. The molecule has 3 aromatic carbocycles. The second kappa shape index (κ2) is 8.81. The zero-order valence-electron chi connectivity index (χ0n) is 17.2. The summed E-state index contributed by atoms with van der Waals surface area (Å²) in [5.41, 5.74) is 4.23. The largest absolute Gasteiger partial charge is 0.488 e. The SMILES string of the molecule is C[Si](C)(C)C#Cc1ccc(-c2ccccc2OCc2ccccc2)c(C(F)(F)F)c1. The van der Waals surface area contributed by atoms with Gasteiger partial charge in [-0.15, -0.1) is 5.54 Å². The molecular weight excluding hydrogens is 401 g/mol. The highest BCUT2D eigenvalue weighted by atomic mass is 28.3. The average molecular weight is 425 g/mol. The Morgan fingerprint density at radius 1 is 0.833 bits per heavy atom. The van der Waals surface area contributed by atoms with Crippen molar-refractivity contribution in [1.82, 2.24) is 0 Å². The van der Waals surface area contributed by atoms with Gasteiger partial charge in [-0.1, -0.05) is 80.2 Å². The van der Waals surface area contributed by atoms with Crippen LogP contribution in [0.2, 0.25) is 19.6 Å². The lowest BCUT2D eigenvalue weighted by molar-refractivity contribution is -0.137. The van der Waals surface area contributed by atoms with E-state index in [1.54, 1.807) is 30.3 Å². The molecule has 0 bridgehead atoms. The monoisotopic (exact) mass is 424 g/mol. The standard InChI is InChI=1S/C25H23F3OSi/c1-30(2,3)16-15-19-13-14-21(23(17-19)25(26,27)28)22-11-7-8-12-24(22)29-18-20-9-5-4-6-10-20/h4-14,17H,18H2,1-3H3. The quantitative estimate of drug-likeness (QED) is 0.318.